The number of aromatic amines is 1. The largest absolute Gasteiger partial charge is 0.496 e. The Morgan fingerprint density at radius 2 is 1.74 bits per heavy atom. The van der Waals surface area contributed by atoms with Crippen molar-refractivity contribution in [2.24, 2.45) is 0 Å². The Morgan fingerprint density at radius 1 is 1.07 bits per heavy atom. The van der Waals surface area contributed by atoms with Gasteiger partial charge in [-0.05, 0) is 85.3 Å². The maximum atomic E-state index is 14.3. The van der Waals surface area contributed by atoms with E-state index in [-0.39, 0.29) is 18.0 Å². The summed E-state index contributed by atoms with van der Waals surface area (Å²) in [5, 5.41) is 0.871. The summed E-state index contributed by atoms with van der Waals surface area (Å²) >= 11 is 0. The van der Waals surface area contributed by atoms with E-state index in [9.17, 15) is 9.18 Å². The molecule has 1 aromatic carbocycles. The van der Waals surface area contributed by atoms with Crippen LogP contribution in [0.5, 0.6) is 5.75 Å². The SMILES string of the molecule is COc1ccc(F)cc1-c1ccnc2[nH]c(C3=CCN(C(=O)OC(C)(C)C)[C@H](CO[Si](C(C)C)(C(C)C)C(C)C)C3)cc12. The van der Waals surface area contributed by atoms with Crippen LogP contribution >= 0.6 is 0 Å². The van der Waals surface area contributed by atoms with Crippen LogP contribution in [0.4, 0.5) is 9.18 Å². The third-order valence-corrected chi connectivity index (χ3v) is 14.7. The first-order valence-electron chi connectivity index (χ1n) is 15.3. The second-order valence-corrected chi connectivity index (χ2v) is 19.0. The molecule has 0 unspecified atom stereocenters. The number of benzene rings is 1. The minimum absolute atomic E-state index is 0.194. The van der Waals surface area contributed by atoms with E-state index >= 15 is 0 Å². The van der Waals surface area contributed by atoms with Crippen molar-refractivity contribution in [1.29, 1.82) is 0 Å². The Labute approximate surface area is 256 Å². The number of pyridine rings is 1. The number of carbonyl (C=O) groups excluding carboxylic acids is 1. The molecule has 234 valence electrons. The molecule has 1 aliphatic heterocycles. The fraction of sp³-hybridized carbons (Fsp3) is 0.529. The highest BCUT2D eigenvalue weighted by atomic mass is 28.4. The monoisotopic (exact) mass is 609 g/mol. The molecule has 0 fully saturated rings. The summed E-state index contributed by atoms with van der Waals surface area (Å²) in [6.45, 7) is 20.1. The number of hydrogen-bond donors (Lipinski definition) is 1. The van der Waals surface area contributed by atoms with E-state index in [0.717, 1.165) is 22.2 Å². The molecule has 7 nitrogen and oxygen atoms in total. The Morgan fingerprint density at radius 3 is 2.35 bits per heavy atom. The van der Waals surface area contributed by atoms with Gasteiger partial charge in [0.1, 0.15) is 22.8 Å². The average molecular weight is 610 g/mol. The van der Waals surface area contributed by atoms with Crippen molar-refractivity contribution in [2.75, 3.05) is 20.3 Å². The normalized spacial score (nSPS) is 16.4. The molecule has 43 heavy (non-hydrogen) atoms. The van der Waals surface area contributed by atoms with Gasteiger partial charge in [0.05, 0.1) is 19.8 Å². The van der Waals surface area contributed by atoms with Crippen LogP contribution in [0.3, 0.4) is 0 Å². The minimum Gasteiger partial charge on any atom is -0.496 e. The van der Waals surface area contributed by atoms with Crippen LogP contribution < -0.4 is 4.74 Å². The molecule has 0 aliphatic carbocycles. The standard InChI is InChI=1S/C34H48FN3O4Si/c1-21(2)43(22(3)4,23(5)6)41-20-26-17-24(14-16-38(26)33(39)42-34(7,8)9)30-19-29-27(13-15-36-32(29)37-30)28-18-25(35)11-12-31(28)40-10/h11-15,18-19,21-23,26H,16-17,20H2,1-10H3,(H,36,37)/t26-/m0/s1. The molecule has 0 bridgehead atoms. The fourth-order valence-electron chi connectivity index (χ4n) is 6.78. The first-order valence-corrected chi connectivity index (χ1v) is 17.5. The zero-order chi connectivity index (χ0) is 31.7. The number of rotatable bonds is 9. The number of methoxy groups -OCH3 is 1. The van der Waals surface area contributed by atoms with Gasteiger partial charge in [0.25, 0.3) is 0 Å². The number of aromatic nitrogens is 2. The van der Waals surface area contributed by atoms with Crippen LogP contribution in [-0.2, 0) is 9.16 Å². The summed E-state index contributed by atoms with van der Waals surface area (Å²) in [5.41, 5.74) is 4.88. The van der Waals surface area contributed by atoms with Gasteiger partial charge in [-0.15, -0.1) is 0 Å². The van der Waals surface area contributed by atoms with Crippen molar-refractivity contribution in [3.63, 3.8) is 0 Å². The lowest BCUT2D eigenvalue weighted by atomic mass is 9.97. The van der Waals surface area contributed by atoms with Crippen LogP contribution in [0.15, 0.2) is 42.6 Å². The molecule has 2 aromatic heterocycles. The topological polar surface area (TPSA) is 76.7 Å². The number of ether oxygens (including phenoxy) is 2. The highest BCUT2D eigenvalue weighted by Gasteiger charge is 2.46. The van der Waals surface area contributed by atoms with E-state index in [4.69, 9.17) is 13.9 Å². The molecule has 0 saturated carbocycles. The number of nitrogens with zero attached hydrogens (tertiary/aromatic N) is 2. The van der Waals surface area contributed by atoms with Crippen LogP contribution in [-0.4, -0.2) is 61.2 Å². The predicted octanol–water partition coefficient (Wildman–Crippen LogP) is 8.96. The van der Waals surface area contributed by atoms with Crippen LogP contribution in [0.25, 0.3) is 27.7 Å². The van der Waals surface area contributed by atoms with Gasteiger partial charge in [-0.3, -0.25) is 4.90 Å². The molecule has 3 heterocycles. The van der Waals surface area contributed by atoms with E-state index in [2.05, 4.69) is 63.7 Å². The van der Waals surface area contributed by atoms with Crippen LogP contribution in [0, 0.1) is 5.82 Å². The van der Waals surface area contributed by atoms with Crippen molar-refractivity contribution in [3.8, 4) is 16.9 Å². The number of nitrogens with one attached hydrogen (secondary N) is 1. The zero-order valence-corrected chi connectivity index (χ0v) is 28.4. The number of hydrogen-bond acceptors (Lipinski definition) is 5. The van der Waals surface area contributed by atoms with E-state index in [1.807, 2.05) is 26.8 Å². The second-order valence-electron chi connectivity index (χ2n) is 13.5. The van der Waals surface area contributed by atoms with Crippen molar-refractivity contribution in [1.82, 2.24) is 14.9 Å². The summed E-state index contributed by atoms with van der Waals surface area (Å²) in [6.07, 6.45) is 4.06. The highest BCUT2D eigenvalue weighted by molar-refractivity contribution is 6.77. The van der Waals surface area contributed by atoms with Gasteiger partial charge in [0.15, 0.2) is 8.32 Å². The lowest BCUT2D eigenvalue weighted by Gasteiger charge is -2.44. The minimum atomic E-state index is -2.17. The van der Waals surface area contributed by atoms with Gasteiger partial charge in [-0.2, -0.15) is 0 Å². The molecule has 9 heteroatoms. The summed E-state index contributed by atoms with van der Waals surface area (Å²) in [4.78, 5) is 23.2. The molecular weight excluding hydrogens is 561 g/mol. The Balaban J connectivity index is 1.71. The number of H-pyrrole nitrogens is 1. The molecule has 3 aromatic rings. The third-order valence-electron chi connectivity index (χ3n) is 8.62. The summed E-state index contributed by atoms with van der Waals surface area (Å²) in [7, 11) is -0.586. The highest BCUT2D eigenvalue weighted by Crippen LogP contribution is 2.43. The van der Waals surface area contributed by atoms with E-state index in [1.165, 1.54) is 12.1 Å². The zero-order valence-electron chi connectivity index (χ0n) is 27.4. The molecule has 4 rings (SSSR count). The number of amides is 1. The van der Waals surface area contributed by atoms with Crippen LogP contribution in [0.2, 0.25) is 16.6 Å². The molecule has 0 saturated heterocycles. The van der Waals surface area contributed by atoms with E-state index in [0.29, 0.717) is 53.2 Å². The van der Waals surface area contributed by atoms with Gasteiger partial charge >= 0.3 is 6.09 Å². The van der Waals surface area contributed by atoms with Crippen molar-refractivity contribution in [3.05, 3.63) is 54.1 Å². The smallest absolute Gasteiger partial charge is 0.410 e. The molecular formula is C34H48FN3O4Si. The molecule has 1 amide bonds. The first-order chi connectivity index (χ1) is 20.2. The first kappa shape index (κ1) is 32.7. The van der Waals surface area contributed by atoms with Crippen molar-refractivity contribution >= 4 is 31.0 Å². The third kappa shape index (κ3) is 6.83. The van der Waals surface area contributed by atoms with Crippen molar-refractivity contribution in [2.45, 2.75) is 97.0 Å². The van der Waals surface area contributed by atoms with Gasteiger partial charge in [-0.25, -0.2) is 14.2 Å². The van der Waals surface area contributed by atoms with Crippen LogP contribution in [0.1, 0.15) is 74.4 Å². The summed E-state index contributed by atoms with van der Waals surface area (Å²) < 4.78 is 32.7. The van der Waals surface area contributed by atoms with E-state index < -0.39 is 13.9 Å². The Bertz CT molecular complexity index is 1450. The lowest BCUT2D eigenvalue weighted by molar-refractivity contribution is 0.0124. The van der Waals surface area contributed by atoms with Gasteiger partial charge in [0.2, 0.25) is 0 Å². The van der Waals surface area contributed by atoms with E-state index in [1.54, 1.807) is 24.3 Å². The molecule has 1 aliphatic rings. The Hall–Kier alpha value is -3.17. The van der Waals surface area contributed by atoms with Gasteiger partial charge in [-0.1, -0.05) is 47.6 Å². The number of halogens is 1. The number of carbonyl (C=O) groups is 1. The van der Waals surface area contributed by atoms with Crippen molar-refractivity contribution < 1.29 is 23.1 Å². The Kier molecular flexibility index (Phi) is 9.76. The quantitative estimate of drug-likeness (QED) is 0.245. The summed E-state index contributed by atoms with van der Waals surface area (Å²) in [5.74, 6) is 0.257. The molecule has 1 N–H and O–H groups in total. The maximum absolute atomic E-state index is 14.3. The molecule has 1 atom stereocenters. The average Bonchev–Trinajstić information content (AvgIpc) is 3.36. The number of fused-ring (bicyclic) bond motifs is 1. The lowest BCUT2D eigenvalue weighted by Crippen LogP contribution is -2.53. The fourth-order valence-corrected chi connectivity index (χ4v) is 12.3. The molecule has 0 radical (unpaired) electrons. The van der Waals surface area contributed by atoms with Gasteiger partial charge in [0, 0.05) is 29.4 Å². The molecule has 0 spiro atoms. The second kappa shape index (κ2) is 12.8. The maximum Gasteiger partial charge on any atom is 0.410 e. The van der Waals surface area contributed by atoms with Gasteiger partial charge < -0.3 is 18.9 Å². The summed E-state index contributed by atoms with van der Waals surface area (Å²) in [6, 6.07) is 8.26. The predicted molar refractivity (Wildman–Crippen MR) is 174 cm³/mol.